The van der Waals surface area contributed by atoms with E-state index in [2.05, 4.69) is 16.0 Å². The molecule has 0 saturated carbocycles. The Kier molecular flexibility index (Phi) is 4.78. The minimum absolute atomic E-state index is 0.00111. The van der Waals surface area contributed by atoms with Crippen molar-refractivity contribution in [1.82, 2.24) is 16.0 Å². The molecular weight excluding hydrogens is 222 g/mol. The van der Waals surface area contributed by atoms with E-state index in [0.29, 0.717) is 12.1 Å². The fraction of sp³-hybridized carbons (Fsp3) is 0.909. The highest BCUT2D eigenvalue weighted by Crippen LogP contribution is 2.16. The number of rotatable bonds is 3. The standard InChI is InChI=1S/C11H21N3OS/c15-11(13-7-9-3-1-5-12-9)14-10-4-2-6-16-8-10/h9-10,12H,1-8H2,(H2,13,14,15). The zero-order valence-electron chi connectivity index (χ0n) is 9.63. The van der Waals surface area contributed by atoms with E-state index in [0.717, 1.165) is 25.3 Å². The maximum absolute atomic E-state index is 11.6. The van der Waals surface area contributed by atoms with Crippen LogP contribution in [0, 0.1) is 0 Å². The van der Waals surface area contributed by atoms with E-state index >= 15 is 0 Å². The molecule has 2 aliphatic rings. The molecule has 0 aromatic rings. The molecule has 0 aromatic carbocycles. The first kappa shape index (κ1) is 12.0. The predicted molar refractivity (Wildman–Crippen MR) is 67.9 cm³/mol. The zero-order chi connectivity index (χ0) is 11.2. The average Bonchev–Trinajstić information content (AvgIpc) is 2.81. The molecule has 2 rings (SSSR count). The number of thioether (sulfide) groups is 1. The topological polar surface area (TPSA) is 53.2 Å². The largest absolute Gasteiger partial charge is 0.337 e. The third kappa shape index (κ3) is 3.87. The Morgan fingerprint density at radius 2 is 2.31 bits per heavy atom. The molecule has 2 heterocycles. The first-order chi connectivity index (χ1) is 7.84. The van der Waals surface area contributed by atoms with Gasteiger partial charge in [-0.2, -0.15) is 11.8 Å². The number of hydrogen-bond acceptors (Lipinski definition) is 3. The smallest absolute Gasteiger partial charge is 0.315 e. The molecule has 2 saturated heterocycles. The molecule has 0 aromatic heterocycles. The van der Waals surface area contributed by atoms with Gasteiger partial charge in [0.2, 0.25) is 0 Å². The molecule has 0 spiro atoms. The van der Waals surface area contributed by atoms with Gasteiger partial charge in [0.15, 0.2) is 0 Å². The van der Waals surface area contributed by atoms with Crippen molar-refractivity contribution >= 4 is 17.8 Å². The second-order valence-corrected chi connectivity index (χ2v) is 5.71. The predicted octanol–water partition coefficient (Wildman–Crippen LogP) is 0.933. The fourth-order valence-corrected chi connectivity index (χ4v) is 3.31. The summed E-state index contributed by atoms with van der Waals surface area (Å²) in [6.45, 7) is 1.85. The van der Waals surface area contributed by atoms with Crippen LogP contribution in [0.1, 0.15) is 25.7 Å². The van der Waals surface area contributed by atoms with Crippen molar-refractivity contribution in [2.24, 2.45) is 0 Å². The SMILES string of the molecule is O=C(NCC1CCCN1)NC1CCCSC1. The van der Waals surface area contributed by atoms with Crippen LogP contribution in [-0.2, 0) is 0 Å². The van der Waals surface area contributed by atoms with Gasteiger partial charge in [-0.1, -0.05) is 0 Å². The first-order valence-corrected chi connectivity index (χ1v) is 7.35. The van der Waals surface area contributed by atoms with Crippen molar-refractivity contribution in [1.29, 1.82) is 0 Å². The molecule has 0 bridgehead atoms. The van der Waals surface area contributed by atoms with Crippen molar-refractivity contribution < 1.29 is 4.79 Å². The van der Waals surface area contributed by atoms with Gasteiger partial charge in [-0.05, 0) is 38.0 Å². The van der Waals surface area contributed by atoms with Gasteiger partial charge >= 0.3 is 6.03 Å². The summed E-state index contributed by atoms with van der Waals surface area (Å²) in [5, 5.41) is 9.36. The second-order valence-electron chi connectivity index (χ2n) is 4.56. The summed E-state index contributed by atoms with van der Waals surface area (Å²) in [6, 6.07) is 0.850. The normalized spacial score (nSPS) is 30.0. The Morgan fingerprint density at radius 1 is 1.38 bits per heavy atom. The highest BCUT2D eigenvalue weighted by molar-refractivity contribution is 7.99. The van der Waals surface area contributed by atoms with Crippen LogP contribution in [0.4, 0.5) is 4.79 Å². The Bertz CT molecular complexity index is 225. The van der Waals surface area contributed by atoms with E-state index in [-0.39, 0.29) is 6.03 Å². The number of amides is 2. The lowest BCUT2D eigenvalue weighted by Gasteiger charge is -2.23. The van der Waals surface area contributed by atoms with E-state index in [1.807, 2.05) is 11.8 Å². The van der Waals surface area contributed by atoms with Gasteiger partial charge in [0.05, 0.1) is 0 Å². The fourth-order valence-electron chi connectivity index (χ4n) is 2.24. The van der Waals surface area contributed by atoms with Crippen LogP contribution < -0.4 is 16.0 Å². The van der Waals surface area contributed by atoms with Crippen molar-refractivity contribution in [2.75, 3.05) is 24.6 Å². The third-order valence-corrected chi connectivity index (χ3v) is 4.38. The van der Waals surface area contributed by atoms with Crippen LogP contribution in [0.25, 0.3) is 0 Å². The van der Waals surface area contributed by atoms with E-state index in [1.54, 1.807) is 0 Å². The van der Waals surface area contributed by atoms with Crippen LogP contribution in [0.3, 0.4) is 0 Å². The van der Waals surface area contributed by atoms with Gasteiger partial charge in [0.25, 0.3) is 0 Å². The lowest BCUT2D eigenvalue weighted by molar-refractivity contribution is 0.236. The summed E-state index contributed by atoms with van der Waals surface area (Å²) >= 11 is 1.93. The lowest BCUT2D eigenvalue weighted by Crippen LogP contribution is -2.47. The Morgan fingerprint density at radius 3 is 3.00 bits per heavy atom. The highest BCUT2D eigenvalue weighted by atomic mass is 32.2. The average molecular weight is 243 g/mol. The van der Waals surface area contributed by atoms with Crippen molar-refractivity contribution in [3.63, 3.8) is 0 Å². The molecule has 0 aliphatic carbocycles. The summed E-state index contributed by atoms with van der Waals surface area (Å²) in [5.41, 5.74) is 0. The number of hydrogen-bond donors (Lipinski definition) is 3. The molecule has 2 amide bonds. The first-order valence-electron chi connectivity index (χ1n) is 6.20. The van der Waals surface area contributed by atoms with E-state index < -0.39 is 0 Å². The van der Waals surface area contributed by atoms with Gasteiger partial charge in [0, 0.05) is 24.4 Å². The molecule has 16 heavy (non-hydrogen) atoms. The minimum Gasteiger partial charge on any atom is -0.337 e. The summed E-state index contributed by atoms with van der Waals surface area (Å²) in [5.74, 6) is 2.31. The molecule has 3 N–H and O–H groups in total. The number of urea groups is 1. The molecular formula is C11H21N3OS. The maximum atomic E-state index is 11.6. The number of nitrogens with one attached hydrogen (secondary N) is 3. The Balaban J connectivity index is 1.59. The molecule has 92 valence electrons. The maximum Gasteiger partial charge on any atom is 0.315 e. The van der Waals surface area contributed by atoms with Crippen LogP contribution in [0.2, 0.25) is 0 Å². The van der Waals surface area contributed by atoms with Crippen LogP contribution >= 0.6 is 11.8 Å². The van der Waals surface area contributed by atoms with Crippen molar-refractivity contribution in [3.05, 3.63) is 0 Å². The lowest BCUT2D eigenvalue weighted by atomic mass is 10.2. The van der Waals surface area contributed by atoms with Gasteiger partial charge in [-0.15, -0.1) is 0 Å². The summed E-state index contributed by atoms with van der Waals surface area (Å²) < 4.78 is 0. The molecule has 2 fully saturated rings. The monoisotopic (exact) mass is 243 g/mol. The second kappa shape index (κ2) is 6.35. The van der Waals surface area contributed by atoms with Gasteiger partial charge in [-0.25, -0.2) is 4.79 Å². The summed E-state index contributed by atoms with van der Waals surface area (Å²) in [6.07, 6.45) is 4.76. The van der Waals surface area contributed by atoms with Gasteiger partial charge in [0.1, 0.15) is 0 Å². The van der Waals surface area contributed by atoms with Crippen molar-refractivity contribution in [2.45, 2.75) is 37.8 Å². The summed E-state index contributed by atoms with van der Waals surface area (Å²) in [7, 11) is 0. The zero-order valence-corrected chi connectivity index (χ0v) is 10.4. The molecule has 0 radical (unpaired) electrons. The van der Waals surface area contributed by atoms with Crippen LogP contribution in [0.5, 0.6) is 0 Å². The van der Waals surface area contributed by atoms with E-state index in [1.165, 1.54) is 25.0 Å². The Labute approximate surface area is 101 Å². The van der Waals surface area contributed by atoms with Gasteiger partial charge < -0.3 is 16.0 Å². The molecule has 4 nitrogen and oxygen atoms in total. The third-order valence-electron chi connectivity index (χ3n) is 3.17. The van der Waals surface area contributed by atoms with Crippen LogP contribution in [-0.4, -0.2) is 42.7 Å². The minimum atomic E-state index is 0.00111. The highest BCUT2D eigenvalue weighted by Gasteiger charge is 2.18. The van der Waals surface area contributed by atoms with E-state index in [9.17, 15) is 4.79 Å². The summed E-state index contributed by atoms with van der Waals surface area (Å²) in [4.78, 5) is 11.6. The van der Waals surface area contributed by atoms with Crippen molar-refractivity contribution in [3.8, 4) is 0 Å². The molecule has 2 atom stereocenters. The molecule has 2 unspecified atom stereocenters. The molecule has 5 heteroatoms. The Hall–Kier alpha value is -0.420. The number of carbonyl (C=O) groups excluding carboxylic acids is 1. The number of carbonyl (C=O) groups is 1. The van der Waals surface area contributed by atoms with Gasteiger partial charge in [-0.3, -0.25) is 0 Å². The van der Waals surface area contributed by atoms with E-state index in [4.69, 9.17) is 0 Å². The van der Waals surface area contributed by atoms with Crippen LogP contribution in [0.15, 0.2) is 0 Å². The quantitative estimate of drug-likeness (QED) is 0.691. The molecule has 2 aliphatic heterocycles.